The summed E-state index contributed by atoms with van der Waals surface area (Å²) in [5.41, 5.74) is 0.281. The van der Waals surface area contributed by atoms with Gasteiger partial charge in [-0.1, -0.05) is 20.4 Å². The Labute approximate surface area is 153 Å². The van der Waals surface area contributed by atoms with Gasteiger partial charge >= 0.3 is 18.3 Å². The van der Waals surface area contributed by atoms with E-state index in [4.69, 9.17) is 28.4 Å². The molecule has 0 aromatic heterocycles. The Bertz CT molecular complexity index is 448. The van der Waals surface area contributed by atoms with Gasteiger partial charge in [-0.15, -0.1) is 0 Å². The molecule has 0 rings (SSSR count). The van der Waals surface area contributed by atoms with Crippen LogP contribution < -0.4 is 0 Å². The van der Waals surface area contributed by atoms with Gasteiger partial charge in [0.15, 0.2) is 6.10 Å². The topological polar surface area (TPSA) is 107 Å². The van der Waals surface area contributed by atoms with Gasteiger partial charge in [0.05, 0.1) is 26.4 Å². The molecule has 0 spiro atoms. The summed E-state index contributed by atoms with van der Waals surface area (Å²) in [6.07, 6.45) is -1.34. The Hall–Kier alpha value is -2.29. The normalized spacial score (nSPS) is 11.2. The van der Waals surface area contributed by atoms with Crippen LogP contribution in [0.2, 0.25) is 0 Å². The van der Waals surface area contributed by atoms with Crippen LogP contribution in [0.15, 0.2) is 12.2 Å². The molecule has 0 N–H and O–H groups in total. The van der Waals surface area contributed by atoms with Crippen molar-refractivity contribution in [2.24, 2.45) is 0 Å². The van der Waals surface area contributed by atoms with Crippen LogP contribution in [0.5, 0.6) is 0 Å². The van der Waals surface area contributed by atoms with E-state index in [0.717, 1.165) is 0 Å². The number of carbonyl (C=O) groups is 3. The third kappa shape index (κ3) is 13.1. The molecule has 0 saturated carbocycles. The van der Waals surface area contributed by atoms with Crippen molar-refractivity contribution >= 4 is 18.3 Å². The van der Waals surface area contributed by atoms with Gasteiger partial charge in [0.2, 0.25) is 0 Å². The quantitative estimate of drug-likeness (QED) is 0.207. The van der Waals surface area contributed by atoms with E-state index in [-0.39, 0.29) is 45.2 Å². The summed E-state index contributed by atoms with van der Waals surface area (Å²) in [4.78, 5) is 34.1. The zero-order valence-electron chi connectivity index (χ0n) is 15.6. The van der Waals surface area contributed by atoms with Gasteiger partial charge in [0, 0.05) is 5.57 Å². The molecule has 0 aliphatic heterocycles. The molecule has 0 bridgehead atoms. The van der Waals surface area contributed by atoms with Gasteiger partial charge in [-0.3, -0.25) is 0 Å². The van der Waals surface area contributed by atoms with E-state index in [1.807, 2.05) is 13.8 Å². The van der Waals surface area contributed by atoms with E-state index in [1.54, 1.807) is 0 Å². The average molecular weight is 376 g/mol. The fraction of sp³-hybridized carbons (Fsp3) is 0.706. The Morgan fingerprint density at radius 3 is 2.00 bits per heavy atom. The van der Waals surface area contributed by atoms with Crippen LogP contribution >= 0.6 is 0 Å². The SMILES string of the molecule is C=C(C)C(=O)OCCOCC(COC(=O)OCCC)OC(=O)OCCC. The van der Waals surface area contributed by atoms with E-state index in [1.165, 1.54) is 6.92 Å². The number of esters is 1. The maximum atomic E-state index is 11.5. The average Bonchev–Trinajstić information content (AvgIpc) is 2.61. The highest BCUT2D eigenvalue weighted by atomic mass is 16.8. The molecular formula is C17H28O9. The van der Waals surface area contributed by atoms with Crippen LogP contribution in [0.1, 0.15) is 33.6 Å². The van der Waals surface area contributed by atoms with Crippen LogP contribution in [0.4, 0.5) is 9.59 Å². The molecule has 0 radical (unpaired) electrons. The van der Waals surface area contributed by atoms with E-state index in [2.05, 4.69) is 6.58 Å². The summed E-state index contributed by atoms with van der Waals surface area (Å²) in [5.74, 6) is -0.522. The van der Waals surface area contributed by atoms with Gasteiger partial charge in [-0.05, 0) is 19.8 Å². The summed E-state index contributed by atoms with van der Waals surface area (Å²) in [7, 11) is 0. The number of carbonyl (C=O) groups excluding carboxylic acids is 3. The third-order valence-electron chi connectivity index (χ3n) is 2.61. The first-order chi connectivity index (χ1) is 12.4. The second-order valence-electron chi connectivity index (χ2n) is 5.24. The Balaban J connectivity index is 4.25. The van der Waals surface area contributed by atoms with E-state index in [9.17, 15) is 14.4 Å². The molecule has 9 heteroatoms. The second kappa shape index (κ2) is 15.0. The van der Waals surface area contributed by atoms with Crippen molar-refractivity contribution in [3.8, 4) is 0 Å². The second-order valence-corrected chi connectivity index (χ2v) is 5.24. The van der Waals surface area contributed by atoms with Gasteiger partial charge in [0.25, 0.3) is 0 Å². The monoisotopic (exact) mass is 376 g/mol. The first kappa shape index (κ1) is 23.7. The van der Waals surface area contributed by atoms with Crippen molar-refractivity contribution in [2.75, 3.05) is 39.6 Å². The molecule has 150 valence electrons. The van der Waals surface area contributed by atoms with Crippen molar-refractivity contribution in [3.05, 3.63) is 12.2 Å². The molecule has 0 fully saturated rings. The summed E-state index contributed by atoms with van der Waals surface area (Å²) in [5, 5.41) is 0. The summed E-state index contributed by atoms with van der Waals surface area (Å²) < 4.78 is 29.6. The maximum absolute atomic E-state index is 11.5. The van der Waals surface area contributed by atoms with Crippen LogP contribution in [-0.4, -0.2) is 64.0 Å². The lowest BCUT2D eigenvalue weighted by atomic mass is 10.4. The molecule has 26 heavy (non-hydrogen) atoms. The minimum atomic E-state index is -0.889. The van der Waals surface area contributed by atoms with Crippen molar-refractivity contribution in [1.29, 1.82) is 0 Å². The lowest BCUT2D eigenvalue weighted by molar-refractivity contribution is -0.141. The molecule has 0 aromatic rings. The maximum Gasteiger partial charge on any atom is 0.508 e. The highest BCUT2D eigenvalue weighted by molar-refractivity contribution is 5.86. The van der Waals surface area contributed by atoms with E-state index in [0.29, 0.717) is 12.8 Å². The van der Waals surface area contributed by atoms with Gasteiger partial charge in [0.1, 0.15) is 13.2 Å². The molecular weight excluding hydrogens is 348 g/mol. The van der Waals surface area contributed by atoms with E-state index >= 15 is 0 Å². The molecule has 0 amide bonds. The predicted octanol–water partition coefficient (Wildman–Crippen LogP) is 2.62. The summed E-state index contributed by atoms with van der Waals surface area (Å²) in [6, 6.07) is 0. The van der Waals surface area contributed by atoms with E-state index < -0.39 is 24.4 Å². The number of ether oxygens (including phenoxy) is 6. The summed E-state index contributed by atoms with van der Waals surface area (Å²) >= 11 is 0. The molecule has 9 nitrogen and oxygen atoms in total. The molecule has 0 saturated heterocycles. The third-order valence-corrected chi connectivity index (χ3v) is 2.61. The zero-order chi connectivity index (χ0) is 19.8. The fourth-order valence-corrected chi connectivity index (χ4v) is 1.39. The molecule has 1 unspecified atom stereocenters. The molecule has 0 aliphatic rings. The zero-order valence-corrected chi connectivity index (χ0v) is 15.6. The fourth-order valence-electron chi connectivity index (χ4n) is 1.39. The Kier molecular flexibility index (Phi) is 13.7. The lowest BCUT2D eigenvalue weighted by Gasteiger charge is -2.17. The predicted molar refractivity (Wildman–Crippen MR) is 90.7 cm³/mol. The van der Waals surface area contributed by atoms with Crippen LogP contribution in [0.25, 0.3) is 0 Å². The van der Waals surface area contributed by atoms with Crippen molar-refractivity contribution in [3.63, 3.8) is 0 Å². The molecule has 0 heterocycles. The Morgan fingerprint density at radius 2 is 1.42 bits per heavy atom. The highest BCUT2D eigenvalue weighted by Crippen LogP contribution is 2.01. The first-order valence-corrected chi connectivity index (χ1v) is 8.44. The van der Waals surface area contributed by atoms with Crippen molar-refractivity contribution < 1.29 is 42.8 Å². The standard InChI is InChI=1S/C17H28O9/c1-5-7-23-16(19)25-12-14(26-17(20)24-8-6-2)11-21-9-10-22-15(18)13(3)4/h14H,3,5-12H2,1-2,4H3. The first-order valence-electron chi connectivity index (χ1n) is 8.44. The van der Waals surface area contributed by atoms with Gasteiger partial charge in [-0.2, -0.15) is 0 Å². The number of hydrogen-bond donors (Lipinski definition) is 0. The van der Waals surface area contributed by atoms with Gasteiger partial charge < -0.3 is 28.4 Å². The minimum Gasteiger partial charge on any atom is -0.460 e. The smallest absolute Gasteiger partial charge is 0.460 e. The largest absolute Gasteiger partial charge is 0.508 e. The number of rotatable bonds is 13. The lowest BCUT2D eigenvalue weighted by Crippen LogP contribution is -2.31. The Morgan fingerprint density at radius 1 is 0.808 bits per heavy atom. The van der Waals surface area contributed by atoms with Crippen LogP contribution in [0.3, 0.4) is 0 Å². The molecule has 0 aliphatic carbocycles. The molecule has 0 aromatic carbocycles. The van der Waals surface area contributed by atoms with Gasteiger partial charge in [-0.25, -0.2) is 14.4 Å². The number of hydrogen-bond acceptors (Lipinski definition) is 9. The summed E-state index contributed by atoms with van der Waals surface area (Å²) in [6.45, 7) is 8.87. The van der Waals surface area contributed by atoms with Crippen LogP contribution in [-0.2, 0) is 33.2 Å². The minimum absolute atomic E-state index is 0.0120. The van der Waals surface area contributed by atoms with Crippen molar-refractivity contribution in [2.45, 2.75) is 39.7 Å². The van der Waals surface area contributed by atoms with Crippen molar-refractivity contribution in [1.82, 2.24) is 0 Å². The highest BCUT2D eigenvalue weighted by Gasteiger charge is 2.19. The van der Waals surface area contributed by atoms with Crippen LogP contribution in [0, 0.1) is 0 Å². The molecule has 1 atom stereocenters.